The van der Waals surface area contributed by atoms with Crippen molar-refractivity contribution in [3.63, 3.8) is 0 Å². The van der Waals surface area contributed by atoms with E-state index in [-0.39, 0.29) is 24.1 Å². The Balaban J connectivity index is 0.00000180. The highest BCUT2D eigenvalue weighted by Crippen LogP contribution is 2.24. The van der Waals surface area contributed by atoms with Crippen molar-refractivity contribution in [3.8, 4) is 0 Å². The second-order valence-corrected chi connectivity index (χ2v) is 5.02. The minimum absolute atomic E-state index is 0. The van der Waals surface area contributed by atoms with Gasteiger partial charge in [-0.2, -0.15) is 0 Å². The molecule has 106 valence electrons. The number of carbonyl (C=O) groups is 1. The molecule has 1 atom stereocenters. The summed E-state index contributed by atoms with van der Waals surface area (Å²) in [5.41, 5.74) is 0.449. The number of piperidine rings is 1. The van der Waals surface area contributed by atoms with Crippen molar-refractivity contribution in [3.05, 3.63) is 34.6 Å². The molecule has 0 aromatic heterocycles. The van der Waals surface area contributed by atoms with Gasteiger partial charge >= 0.3 is 5.97 Å². The van der Waals surface area contributed by atoms with Crippen molar-refractivity contribution in [1.82, 2.24) is 4.90 Å². The Hall–Kier alpha value is -0.840. The Labute approximate surface area is 122 Å². The number of rotatable bonds is 3. The third-order valence-electron chi connectivity index (χ3n) is 3.30. The topological polar surface area (TPSA) is 40.5 Å². The Morgan fingerprint density at radius 2 is 2.26 bits per heavy atom. The summed E-state index contributed by atoms with van der Waals surface area (Å²) in [4.78, 5) is 12.9. The van der Waals surface area contributed by atoms with E-state index in [2.05, 4.69) is 0 Å². The van der Waals surface area contributed by atoms with Crippen molar-refractivity contribution in [2.45, 2.75) is 19.4 Å². The molecule has 0 aliphatic carbocycles. The van der Waals surface area contributed by atoms with Gasteiger partial charge in [-0.1, -0.05) is 17.7 Å². The summed E-state index contributed by atoms with van der Waals surface area (Å²) in [6, 6.07) is 4.59. The van der Waals surface area contributed by atoms with Gasteiger partial charge in [-0.3, -0.25) is 9.69 Å². The smallest absolute Gasteiger partial charge is 0.307 e. The average molecular weight is 308 g/mol. The van der Waals surface area contributed by atoms with E-state index in [0.717, 1.165) is 13.0 Å². The first-order valence-electron chi connectivity index (χ1n) is 5.96. The van der Waals surface area contributed by atoms with Gasteiger partial charge in [-0.05, 0) is 31.5 Å². The van der Waals surface area contributed by atoms with Gasteiger partial charge in [-0.25, -0.2) is 4.39 Å². The molecule has 0 bridgehead atoms. The summed E-state index contributed by atoms with van der Waals surface area (Å²) in [6.07, 6.45) is 1.51. The first kappa shape index (κ1) is 16.2. The molecular weight excluding hydrogens is 292 g/mol. The van der Waals surface area contributed by atoms with Gasteiger partial charge in [0.2, 0.25) is 0 Å². The molecule has 1 saturated heterocycles. The highest BCUT2D eigenvalue weighted by Gasteiger charge is 2.26. The molecule has 1 unspecified atom stereocenters. The molecule has 0 amide bonds. The molecule has 1 N–H and O–H groups in total. The van der Waals surface area contributed by atoms with Crippen LogP contribution in [0.25, 0.3) is 0 Å². The SMILES string of the molecule is Cl.O=C(O)C1CCCN(Cc2c(F)cccc2Cl)C1. The summed E-state index contributed by atoms with van der Waals surface area (Å²) in [5, 5.41) is 9.40. The van der Waals surface area contributed by atoms with Crippen LogP contribution in [0.5, 0.6) is 0 Å². The Bertz CT molecular complexity index is 436. The summed E-state index contributed by atoms with van der Waals surface area (Å²) in [6.45, 7) is 1.61. The second-order valence-electron chi connectivity index (χ2n) is 4.61. The first-order valence-corrected chi connectivity index (χ1v) is 6.34. The number of hydrogen-bond acceptors (Lipinski definition) is 2. The molecule has 0 radical (unpaired) electrons. The lowest BCUT2D eigenvalue weighted by Gasteiger charge is -2.30. The molecule has 2 rings (SSSR count). The molecule has 6 heteroatoms. The zero-order valence-corrected chi connectivity index (χ0v) is 11.9. The summed E-state index contributed by atoms with van der Waals surface area (Å²) >= 11 is 5.96. The van der Waals surface area contributed by atoms with Crippen LogP contribution in [-0.2, 0) is 11.3 Å². The number of nitrogens with zero attached hydrogens (tertiary/aromatic N) is 1. The van der Waals surface area contributed by atoms with Crippen molar-refractivity contribution in [2.24, 2.45) is 5.92 Å². The van der Waals surface area contributed by atoms with Crippen molar-refractivity contribution < 1.29 is 14.3 Å². The lowest BCUT2D eigenvalue weighted by atomic mass is 9.98. The van der Waals surface area contributed by atoms with E-state index in [1.54, 1.807) is 12.1 Å². The minimum Gasteiger partial charge on any atom is -0.481 e. The maximum atomic E-state index is 13.6. The van der Waals surface area contributed by atoms with Crippen molar-refractivity contribution in [2.75, 3.05) is 13.1 Å². The normalized spacial score (nSPS) is 19.8. The Morgan fingerprint density at radius 1 is 1.53 bits per heavy atom. The maximum Gasteiger partial charge on any atom is 0.307 e. The molecule has 3 nitrogen and oxygen atoms in total. The Kier molecular flexibility index (Phi) is 6.04. The zero-order valence-electron chi connectivity index (χ0n) is 10.3. The molecule has 1 fully saturated rings. The summed E-state index contributed by atoms with van der Waals surface area (Å²) < 4.78 is 13.6. The monoisotopic (exact) mass is 307 g/mol. The highest BCUT2D eigenvalue weighted by molar-refractivity contribution is 6.31. The van der Waals surface area contributed by atoms with Crippen LogP contribution in [0, 0.1) is 11.7 Å². The number of aliphatic carboxylic acids is 1. The lowest BCUT2D eigenvalue weighted by molar-refractivity contribution is -0.143. The summed E-state index contributed by atoms with van der Waals surface area (Å²) in [5.74, 6) is -1.47. The lowest BCUT2D eigenvalue weighted by Crippen LogP contribution is -2.38. The molecule has 1 heterocycles. The van der Waals surface area contributed by atoms with Gasteiger partial charge < -0.3 is 5.11 Å². The highest BCUT2D eigenvalue weighted by atomic mass is 35.5. The minimum atomic E-state index is -0.778. The number of likely N-dealkylation sites (tertiary alicyclic amines) is 1. The molecule has 1 aromatic rings. The third-order valence-corrected chi connectivity index (χ3v) is 3.65. The number of halogens is 3. The van der Waals surface area contributed by atoms with E-state index in [9.17, 15) is 9.18 Å². The summed E-state index contributed by atoms with van der Waals surface area (Å²) in [7, 11) is 0. The Morgan fingerprint density at radius 3 is 2.89 bits per heavy atom. The van der Waals surface area contributed by atoms with Crippen molar-refractivity contribution in [1.29, 1.82) is 0 Å². The van der Waals surface area contributed by atoms with Gasteiger partial charge in [0.05, 0.1) is 5.92 Å². The fourth-order valence-corrected chi connectivity index (χ4v) is 2.53. The first-order chi connectivity index (χ1) is 8.58. The van der Waals surface area contributed by atoms with Crippen LogP contribution in [-0.4, -0.2) is 29.1 Å². The molecule has 1 aliphatic rings. The van der Waals surface area contributed by atoms with Gasteiger partial charge in [0.25, 0.3) is 0 Å². The molecule has 0 spiro atoms. The number of carboxylic acid groups (broad SMARTS) is 1. The molecule has 1 aromatic carbocycles. The van der Waals surface area contributed by atoms with E-state index in [0.29, 0.717) is 30.1 Å². The van der Waals surface area contributed by atoms with Gasteiger partial charge in [0.15, 0.2) is 0 Å². The van der Waals surface area contributed by atoms with E-state index >= 15 is 0 Å². The molecule has 1 aliphatic heterocycles. The second kappa shape index (κ2) is 7.08. The zero-order chi connectivity index (χ0) is 13.1. The van der Waals surface area contributed by atoms with Crippen molar-refractivity contribution >= 4 is 30.0 Å². The van der Waals surface area contributed by atoms with Gasteiger partial charge in [0, 0.05) is 23.7 Å². The average Bonchev–Trinajstić information content (AvgIpc) is 2.34. The van der Waals surface area contributed by atoms with Crippen LogP contribution in [0.1, 0.15) is 18.4 Å². The molecule has 19 heavy (non-hydrogen) atoms. The third kappa shape index (κ3) is 4.06. The van der Waals surface area contributed by atoms with Crippen LogP contribution in [0.3, 0.4) is 0 Å². The number of benzene rings is 1. The molecular formula is C13H16Cl2FNO2. The number of hydrogen-bond donors (Lipinski definition) is 1. The molecule has 0 saturated carbocycles. The fourth-order valence-electron chi connectivity index (χ4n) is 2.31. The van der Waals surface area contributed by atoms with E-state index < -0.39 is 5.97 Å². The van der Waals surface area contributed by atoms with Crippen LogP contribution < -0.4 is 0 Å². The van der Waals surface area contributed by atoms with Gasteiger partial charge in [0.1, 0.15) is 5.82 Å². The van der Waals surface area contributed by atoms with Crippen LogP contribution >= 0.6 is 24.0 Å². The quantitative estimate of drug-likeness (QED) is 0.932. The largest absolute Gasteiger partial charge is 0.481 e. The van der Waals surface area contributed by atoms with Crippen LogP contribution in [0.15, 0.2) is 18.2 Å². The fraction of sp³-hybridized carbons (Fsp3) is 0.462. The standard InChI is InChI=1S/C13H15ClFNO2.ClH/c14-11-4-1-5-12(15)10(11)8-16-6-2-3-9(7-16)13(17)18;/h1,4-5,9H,2-3,6-8H2,(H,17,18);1H. The van der Waals surface area contributed by atoms with Crippen LogP contribution in [0.4, 0.5) is 4.39 Å². The van der Waals surface area contributed by atoms with E-state index in [1.165, 1.54) is 6.07 Å². The predicted octanol–water partition coefficient (Wildman–Crippen LogP) is 3.20. The predicted molar refractivity (Wildman–Crippen MR) is 74.3 cm³/mol. The van der Waals surface area contributed by atoms with Crippen LogP contribution in [0.2, 0.25) is 5.02 Å². The van der Waals surface area contributed by atoms with Gasteiger partial charge in [-0.15, -0.1) is 12.4 Å². The van der Waals surface area contributed by atoms with E-state index in [4.69, 9.17) is 16.7 Å². The number of carboxylic acids is 1. The maximum absolute atomic E-state index is 13.6. The van der Waals surface area contributed by atoms with E-state index in [1.807, 2.05) is 4.90 Å².